The summed E-state index contributed by atoms with van der Waals surface area (Å²) in [5.41, 5.74) is -0.656. The van der Waals surface area contributed by atoms with Gasteiger partial charge in [0.1, 0.15) is 0 Å². The maximum Gasteiger partial charge on any atom is 0.328 e. The Bertz CT molecular complexity index is 346. The lowest BCUT2D eigenvalue weighted by Gasteiger charge is -2.23. The lowest BCUT2D eigenvalue weighted by atomic mass is 10.1. The average molecular weight is 212 g/mol. The number of carbonyl (C=O) groups excluding carboxylic acids is 1. The van der Waals surface area contributed by atoms with E-state index in [1.165, 1.54) is 0 Å². The summed E-state index contributed by atoms with van der Waals surface area (Å²) in [6, 6.07) is 0.128. The topological polar surface area (TPSA) is 80.0 Å². The molecule has 0 unspecified atom stereocenters. The predicted molar refractivity (Wildman–Crippen MR) is 55.4 cm³/mol. The van der Waals surface area contributed by atoms with Crippen molar-refractivity contribution in [2.45, 2.75) is 33.2 Å². The Morgan fingerprint density at radius 2 is 2.20 bits per heavy atom. The zero-order valence-corrected chi connectivity index (χ0v) is 9.42. The van der Waals surface area contributed by atoms with Gasteiger partial charge < -0.3 is 9.84 Å². The number of aromatic nitrogens is 2. The largest absolute Gasteiger partial charge is 0.328 e. The van der Waals surface area contributed by atoms with Crippen molar-refractivity contribution in [2.75, 3.05) is 11.9 Å². The first-order chi connectivity index (χ1) is 6.95. The van der Waals surface area contributed by atoms with Crippen LogP contribution in [0, 0.1) is 6.92 Å². The first kappa shape index (κ1) is 11.6. The number of likely N-dealkylation sites (N-methyl/N-ethyl adjacent to an activating group) is 1. The van der Waals surface area contributed by atoms with Crippen LogP contribution in [0.15, 0.2) is 4.52 Å². The number of nitrogens with one attached hydrogen (secondary N) is 2. The highest BCUT2D eigenvalue weighted by Gasteiger charge is 2.27. The molecule has 84 valence electrons. The number of hydrogen-bond donors (Lipinski definition) is 2. The third-order valence-electron chi connectivity index (χ3n) is 1.93. The molecule has 6 heteroatoms. The SMILES string of the molecule is CCNC(C)(C)C(=O)Nc1nc(C)no1. The molecule has 0 aliphatic rings. The van der Waals surface area contributed by atoms with Crippen molar-refractivity contribution in [1.82, 2.24) is 15.5 Å². The van der Waals surface area contributed by atoms with Crippen molar-refractivity contribution >= 4 is 11.9 Å². The second-order valence-corrected chi connectivity index (χ2v) is 3.76. The molecule has 1 aromatic heterocycles. The van der Waals surface area contributed by atoms with Crippen LogP contribution in [0.2, 0.25) is 0 Å². The first-order valence-corrected chi connectivity index (χ1v) is 4.82. The van der Waals surface area contributed by atoms with Crippen LogP contribution < -0.4 is 10.6 Å². The number of rotatable bonds is 4. The van der Waals surface area contributed by atoms with Crippen molar-refractivity contribution < 1.29 is 9.32 Å². The van der Waals surface area contributed by atoms with Gasteiger partial charge in [0.05, 0.1) is 5.54 Å². The lowest BCUT2D eigenvalue weighted by Crippen LogP contribution is -2.49. The van der Waals surface area contributed by atoms with E-state index >= 15 is 0 Å². The van der Waals surface area contributed by atoms with E-state index in [1.807, 2.05) is 6.92 Å². The second-order valence-electron chi connectivity index (χ2n) is 3.76. The van der Waals surface area contributed by atoms with Crippen LogP contribution in [-0.4, -0.2) is 28.1 Å². The van der Waals surface area contributed by atoms with Crippen LogP contribution in [0.4, 0.5) is 6.01 Å². The summed E-state index contributed by atoms with van der Waals surface area (Å²) in [4.78, 5) is 15.6. The van der Waals surface area contributed by atoms with Gasteiger partial charge in [0.15, 0.2) is 5.82 Å². The Hall–Kier alpha value is -1.43. The van der Waals surface area contributed by atoms with E-state index in [1.54, 1.807) is 20.8 Å². The molecule has 15 heavy (non-hydrogen) atoms. The van der Waals surface area contributed by atoms with E-state index in [4.69, 9.17) is 4.52 Å². The van der Waals surface area contributed by atoms with Crippen molar-refractivity contribution in [1.29, 1.82) is 0 Å². The van der Waals surface area contributed by atoms with Gasteiger partial charge in [-0.1, -0.05) is 12.1 Å². The Kier molecular flexibility index (Phi) is 3.41. The van der Waals surface area contributed by atoms with Crippen LogP contribution in [-0.2, 0) is 4.79 Å². The molecule has 0 aromatic carbocycles. The molecule has 0 aliphatic carbocycles. The maximum atomic E-state index is 11.7. The van der Waals surface area contributed by atoms with Crippen molar-refractivity contribution in [2.24, 2.45) is 0 Å². The minimum atomic E-state index is -0.656. The Labute approximate surface area is 88.4 Å². The molecule has 0 spiro atoms. The molecule has 0 aliphatic heterocycles. The number of amides is 1. The van der Waals surface area contributed by atoms with E-state index in [-0.39, 0.29) is 11.9 Å². The molecule has 1 heterocycles. The van der Waals surface area contributed by atoms with Gasteiger partial charge in [0.2, 0.25) is 5.91 Å². The molecule has 0 radical (unpaired) electrons. The molecule has 2 N–H and O–H groups in total. The fraction of sp³-hybridized carbons (Fsp3) is 0.667. The van der Waals surface area contributed by atoms with Gasteiger partial charge in [-0.15, -0.1) is 0 Å². The normalized spacial score (nSPS) is 11.5. The van der Waals surface area contributed by atoms with Gasteiger partial charge in [-0.2, -0.15) is 4.98 Å². The Morgan fingerprint density at radius 1 is 1.53 bits per heavy atom. The molecule has 0 bridgehead atoms. The molecule has 1 rings (SSSR count). The highest BCUT2D eigenvalue weighted by Crippen LogP contribution is 2.08. The number of nitrogens with zero attached hydrogens (tertiary/aromatic N) is 2. The summed E-state index contributed by atoms with van der Waals surface area (Å²) >= 11 is 0. The van der Waals surface area contributed by atoms with Gasteiger partial charge >= 0.3 is 6.01 Å². The molecular formula is C9H16N4O2. The molecular weight excluding hydrogens is 196 g/mol. The van der Waals surface area contributed by atoms with Crippen LogP contribution in [0.5, 0.6) is 0 Å². The van der Waals surface area contributed by atoms with Crippen molar-refractivity contribution in [3.63, 3.8) is 0 Å². The minimum absolute atomic E-state index is 0.128. The summed E-state index contributed by atoms with van der Waals surface area (Å²) in [5.74, 6) is 0.291. The highest BCUT2D eigenvalue weighted by atomic mass is 16.5. The highest BCUT2D eigenvalue weighted by molar-refractivity contribution is 5.95. The molecule has 0 atom stereocenters. The molecule has 1 aromatic rings. The van der Waals surface area contributed by atoms with Gasteiger partial charge in [-0.25, -0.2) is 0 Å². The van der Waals surface area contributed by atoms with E-state index in [2.05, 4.69) is 20.8 Å². The summed E-state index contributed by atoms with van der Waals surface area (Å²) in [7, 11) is 0. The third-order valence-corrected chi connectivity index (χ3v) is 1.93. The molecule has 0 fully saturated rings. The van der Waals surface area contributed by atoms with Crippen LogP contribution >= 0.6 is 0 Å². The summed E-state index contributed by atoms with van der Waals surface area (Å²) in [6.45, 7) is 7.91. The smallest absolute Gasteiger partial charge is 0.315 e. The maximum absolute atomic E-state index is 11.7. The van der Waals surface area contributed by atoms with Gasteiger partial charge in [0, 0.05) is 0 Å². The molecule has 0 saturated carbocycles. The standard InChI is InChI=1S/C9H16N4O2/c1-5-10-9(3,4)7(14)12-8-11-6(2)13-15-8/h10H,5H2,1-4H3,(H,11,12,13,14). The monoisotopic (exact) mass is 212 g/mol. The first-order valence-electron chi connectivity index (χ1n) is 4.82. The third kappa shape index (κ3) is 3.02. The molecule has 0 saturated heterocycles. The Morgan fingerprint density at radius 3 is 2.67 bits per heavy atom. The van der Waals surface area contributed by atoms with E-state index in [0.717, 1.165) is 0 Å². The number of carbonyl (C=O) groups is 1. The van der Waals surface area contributed by atoms with Gasteiger partial charge in [-0.05, 0) is 27.3 Å². The van der Waals surface area contributed by atoms with Crippen molar-refractivity contribution in [3.05, 3.63) is 5.82 Å². The van der Waals surface area contributed by atoms with Crippen molar-refractivity contribution in [3.8, 4) is 0 Å². The average Bonchev–Trinajstić information content (AvgIpc) is 2.51. The summed E-state index contributed by atoms with van der Waals surface area (Å²) < 4.78 is 4.79. The molecule has 1 amide bonds. The fourth-order valence-corrected chi connectivity index (χ4v) is 1.12. The fourth-order valence-electron chi connectivity index (χ4n) is 1.12. The predicted octanol–water partition coefficient (Wildman–Crippen LogP) is 0.705. The lowest BCUT2D eigenvalue weighted by molar-refractivity contribution is -0.121. The van der Waals surface area contributed by atoms with Gasteiger partial charge in [0.25, 0.3) is 0 Å². The summed E-state index contributed by atoms with van der Waals surface area (Å²) in [6.07, 6.45) is 0. The van der Waals surface area contributed by atoms with E-state index < -0.39 is 5.54 Å². The van der Waals surface area contributed by atoms with E-state index in [0.29, 0.717) is 12.4 Å². The quantitative estimate of drug-likeness (QED) is 0.768. The van der Waals surface area contributed by atoms with E-state index in [9.17, 15) is 4.79 Å². The molecule has 6 nitrogen and oxygen atoms in total. The van der Waals surface area contributed by atoms with Gasteiger partial charge in [-0.3, -0.25) is 10.1 Å². The minimum Gasteiger partial charge on any atom is -0.315 e. The Balaban J connectivity index is 2.63. The second kappa shape index (κ2) is 4.39. The van der Waals surface area contributed by atoms with Crippen LogP contribution in [0.25, 0.3) is 0 Å². The number of anilines is 1. The van der Waals surface area contributed by atoms with Crippen LogP contribution in [0.1, 0.15) is 26.6 Å². The zero-order valence-electron chi connectivity index (χ0n) is 9.42. The number of aryl methyl sites for hydroxylation is 1. The van der Waals surface area contributed by atoms with Crippen LogP contribution in [0.3, 0.4) is 0 Å². The zero-order chi connectivity index (χ0) is 11.5. The summed E-state index contributed by atoms with van der Waals surface area (Å²) in [5, 5.41) is 9.17. The number of hydrogen-bond acceptors (Lipinski definition) is 5.